The second-order valence-corrected chi connectivity index (χ2v) is 5.34. The topological polar surface area (TPSA) is 55.1 Å². The highest BCUT2D eigenvalue weighted by atomic mass is 16.2. The number of carbonyl (C=O) groups is 1. The number of benzene rings is 1. The standard InChI is InChI=1S/C16H26N2O/c1-5-6-7-15(17)16(19)18-13(4)14-9-8-11(2)10-12(14)3/h8-10,13,15H,5-7,17H2,1-4H3,(H,18,19). The highest BCUT2D eigenvalue weighted by molar-refractivity contribution is 5.81. The summed E-state index contributed by atoms with van der Waals surface area (Å²) in [6.07, 6.45) is 2.81. The van der Waals surface area contributed by atoms with E-state index < -0.39 is 6.04 Å². The van der Waals surface area contributed by atoms with Gasteiger partial charge in [0.2, 0.25) is 5.91 Å². The average molecular weight is 262 g/mol. The van der Waals surface area contributed by atoms with Crippen LogP contribution in [0.3, 0.4) is 0 Å². The van der Waals surface area contributed by atoms with Crippen LogP contribution in [0.4, 0.5) is 0 Å². The molecule has 0 saturated heterocycles. The van der Waals surface area contributed by atoms with E-state index in [1.165, 1.54) is 11.1 Å². The molecule has 1 aromatic rings. The fourth-order valence-corrected chi connectivity index (χ4v) is 2.26. The number of unbranched alkanes of at least 4 members (excludes halogenated alkanes) is 1. The van der Waals surface area contributed by atoms with Gasteiger partial charge in [-0.1, -0.05) is 43.5 Å². The van der Waals surface area contributed by atoms with Crippen molar-refractivity contribution in [2.45, 2.75) is 59.0 Å². The fraction of sp³-hybridized carbons (Fsp3) is 0.562. The summed E-state index contributed by atoms with van der Waals surface area (Å²) >= 11 is 0. The monoisotopic (exact) mass is 262 g/mol. The van der Waals surface area contributed by atoms with E-state index in [1.807, 2.05) is 6.92 Å². The zero-order valence-electron chi connectivity index (χ0n) is 12.5. The first-order valence-electron chi connectivity index (χ1n) is 7.08. The quantitative estimate of drug-likeness (QED) is 0.828. The Balaban J connectivity index is 2.63. The Bertz CT molecular complexity index is 429. The molecular weight excluding hydrogens is 236 g/mol. The minimum absolute atomic E-state index is 0.000719. The molecule has 0 saturated carbocycles. The number of aryl methyl sites for hydroxylation is 2. The summed E-state index contributed by atoms with van der Waals surface area (Å²) in [4.78, 5) is 12.0. The molecule has 0 aliphatic carbocycles. The molecule has 0 aliphatic heterocycles. The molecule has 0 aliphatic rings. The molecule has 2 atom stereocenters. The fourth-order valence-electron chi connectivity index (χ4n) is 2.26. The second-order valence-electron chi connectivity index (χ2n) is 5.34. The third-order valence-corrected chi connectivity index (χ3v) is 3.46. The van der Waals surface area contributed by atoms with Crippen LogP contribution in [0.2, 0.25) is 0 Å². The summed E-state index contributed by atoms with van der Waals surface area (Å²) in [5.41, 5.74) is 9.47. The molecule has 0 bridgehead atoms. The van der Waals surface area contributed by atoms with E-state index in [4.69, 9.17) is 5.73 Å². The number of hydrogen-bond donors (Lipinski definition) is 2. The van der Waals surface area contributed by atoms with Crippen LogP contribution in [-0.2, 0) is 4.79 Å². The molecule has 0 fully saturated rings. The predicted octanol–water partition coefficient (Wildman–Crippen LogP) is 3.00. The van der Waals surface area contributed by atoms with E-state index >= 15 is 0 Å². The van der Waals surface area contributed by atoms with E-state index in [0.717, 1.165) is 24.8 Å². The van der Waals surface area contributed by atoms with Crippen molar-refractivity contribution in [1.29, 1.82) is 0 Å². The van der Waals surface area contributed by atoms with Crippen molar-refractivity contribution in [2.75, 3.05) is 0 Å². The summed E-state index contributed by atoms with van der Waals surface area (Å²) in [5, 5.41) is 3.00. The van der Waals surface area contributed by atoms with Gasteiger partial charge in [-0.2, -0.15) is 0 Å². The lowest BCUT2D eigenvalue weighted by Crippen LogP contribution is -2.41. The maximum Gasteiger partial charge on any atom is 0.237 e. The van der Waals surface area contributed by atoms with Gasteiger partial charge in [0.05, 0.1) is 12.1 Å². The zero-order chi connectivity index (χ0) is 14.4. The highest BCUT2D eigenvalue weighted by Gasteiger charge is 2.16. The van der Waals surface area contributed by atoms with Crippen molar-refractivity contribution in [3.05, 3.63) is 34.9 Å². The molecule has 1 amide bonds. The van der Waals surface area contributed by atoms with E-state index in [2.05, 4.69) is 44.3 Å². The Labute approximate surface area is 116 Å². The Morgan fingerprint density at radius 1 is 1.37 bits per heavy atom. The van der Waals surface area contributed by atoms with Gasteiger partial charge in [0.15, 0.2) is 0 Å². The minimum atomic E-state index is -0.395. The van der Waals surface area contributed by atoms with Crippen LogP contribution in [0.1, 0.15) is 55.8 Å². The van der Waals surface area contributed by atoms with Crippen molar-refractivity contribution in [3.63, 3.8) is 0 Å². The third kappa shape index (κ3) is 4.67. The summed E-state index contributed by atoms with van der Waals surface area (Å²) in [6, 6.07) is 5.89. The van der Waals surface area contributed by atoms with Gasteiger partial charge in [-0.3, -0.25) is 4.79 Å². The molecule has 0 heterocycles. The SMILES string of the molecule is CCCCC(N)C(=O)NC(C)c1ccc(C)cc1C. The molecule has 106 valence electrons. The van der Waals surface area contributed by atoms with Gasteiger partial charge in [0.25, 0.3) is 0 Å². The smallest absolute Gasteiger partial charge is 0.237 e. The Morgan fingerprint density at radius 2 is 2.05 bits per heavy atom. The van der Waals surface area contributed by atoms with Crippen molar-refractivity contribution in [2.24, 2.45) is 5.73 Å². The lowest BCUT2D eigenvalue weighted by Gasteiger charge is -2.19. The number of nitrogens with two attached hydrogens (primary N) is 1. The van der Waals surface area contributed by atoms with Gasteiger partial charge >= 0.3 is 0 Å². The van der Waals surface area contributed by atoms with Gasteiger partial charge in [-0.25, -0.2) is 0 Å². The van der Waals surface area contributed by atoms with Gasteiger partial charge < -0.3 is 11.1 Å². The normalized spacial score (nSPS) is 13.9. The molecule has 0 radical (unpaired) electrons. The van der Waals surface area contributed by atoms with Crippen molar-refractivity contribution >= 4 is 5.91 Å². The molecule has 2 unspecified atom stereocenters. The van der Waals surface area contributed by atoms with Gasteiger partial charge in [0, 0.05) is 0 Å². The molecule has 0 aromatic heterocycles. The Morgan fingerprint density at radius 3 is 2.63 bits per heavy atom. The largest absolute Gasteiger partial charge is 0.348 e. The van der Waals surface area contributed by atoms with E-state index in [-0.39, 0.29) is 11.9 Å². The number of hydrogen-bond acceptors (Lipinski definition) is 2. The molecular formula is C16H26N2O. The second kappa shape index (κ2) is 7.29. The van der Waals surface area contributed by atoms with E-state index in [0.29, 0.717) is 0 Å². The first-order valence-corrected chi connectivity index (χ1v) is 7.08. The van der Waals surface area contributed by atoms with Crippen LogP contribution < -0.4 is 11.1 Å². The minimum Gasteiger partial charge on any atom is -0.348 e. The molecule has 3 N–H and O–H groups in total. The van der Waals surface area contributed by atoms with Crippen LogP contribution in [0.5, 0.6) is 0 Å². The third-order valence-electron chi connectivity index (χ3n) is 3.46. The van der Waals surface area contributed by atoms with Gasteiger partial charge in [-0.15, -0.1) is 0 Å². The van der Waals surface area contributed by atoms with Crippen LogP contribution in [0, 0.1) is 13.8 Å². The first-order chi connectivity index (χ1) is 8.95. The molecule has 3 heteroatoms. The van der Waals surface area contributed by atoms with E-state index in [1.54, 1.807) is 0 Å². The summed E-state index contributed by atoms with van der Waals surface area (Å²) in [7, 11) is 0. The van der Waals surface area contributed by atoms with Crippen LogP contribution in [0.15, 0.2) is 18.2 Å². The van der Waals surface area contributed by atoms with E-state index in [9.17, 15) is 4.79 Å². The Kier molecular flexibility index (Phi) is 6.03. The maximum atomic E-state index is 12.0. The number of rotatable bonds is 6. The predicted molar refractivity (Wildman–Crippen MR) is 80.0 cm³/mol. The Hall–Kier alpha value is -1.35. The molecule has 19 heavy (non-hydrogen) atoms. The van der Waals surface area contributed by atoms with Crippen LogP contribution in [0.25, 0.3) is 0 Å². The van der Waals surface area contributed by atoms with Crippen LogP contribution >= 0.6 is 0 Å². The summed E-state index contributed by atoms with van der Waals surface area (Å²) in [6.45, 7) is 8.24. The maximum absolute atomic E-state index is 12.0. The highest BCUT2D eigenvalue weighted by Crippen LogP contribution is 2.18. The summed E-state index contributed by atoms with van der Waals surface area (Å²) in [5.74, 6) is -0.0547. The number of carbonyl (C=O) groups excluding carboxylic acids is 1. The van der Waals surface area contributed by atoms with Gasteiger partial charge in [-0.05, 0) is 38.3 Å². The van der Waals surface area contributed by atoms with Crippen molar-refractivity contribution in [3.8, 4) is 0 Å². The van der Waals surface area contributed by atoms with Crippen molar-refractivity contribution in [1.82, 2.24) is 5.32 Å². The van der Waals surface area contributed by atoms with Crippen LogP contribution in [-0.4, -0.2) is 11.9 Å². The van der Waals surface area contributed by atoms with Crippen molar-refractivity contribution < 1.29 is 4.79 Å². The average Bonchev–Trinajstić information content (AvgIpc) is 2.35. The molecule has 1 rings (SSSR count). The number of nitrogens with one attached hydrogen (secondary N) is 1. The first kappa shape index (κ1) is 15.7. The number of amides is 1. The van der Waals surface area contributed by atoms with Gasteiger partial charge in [0.1, 0.15) is 0 Å². The summed E-state index contributed by atoms with van der Waals surface area (Å²) < 4.78 is 0. The zero-order valence-corrected chi connectivity index (χ0v) is 12.5. The molecule has 0 spiro atoms. The molecule has 3 nitrogen and oxygen atoms in total. The molecule has 1 aromatic carbocycles. The lowest BCUT2D eigenvalue weighted by molar-refractivity contribution is -0.123. The lowest BCUT2D eigenvalue weighted by atomic mass is 10.00.